The number of rotatable bonds is 6. The number of hydrogen-bond acceptors (Lipinski definition) is 5. The first-order valence-corrected chi connectivity index (χ1v) is 11.4. The number of nitrogens with zero attached hydrogens (tertiary/aromatic N) is 2. The molecule has 164 valence electrons. The summed E-state index contributed by atoms with van der Waals surface area (Å²) in [5, 5.41) is 3.31. The molecule has 0 unspecified atom stereocenters. The number of aromatic nitrogens is 2. The van der Waals surface area contributed by atoms with E-state index in [2.05, 4.69) is 5.32 Å². The Kier molecular flexibility index (Phi) is 6.27. The Morgan fingerprint density at radius 1 is 1.16 bits per heavy atom. The first-order valence-electron chi connectivity index (χ1n) is 10.6. The number of carbonyl (C=O) groups excluding carboxylic acids is 1. The van der Waals surface area contributed by atoms with E-state index >= 15 is 0 Å². The molecule has 1 aliphatic carbocycles. The minimum absolute atomic E-state index is 0.261. The average molecular weight is 442 g/mol. The maximum atomic E-state index is 13.1. The molecule has 0 radical (unpaired) electrons. The van der Waals surface area contributed by atoms with E-state index in [4.69, 9.17) is 4.74 Å². The molecular formula is C23H27N3O4S. The van der Waals surface area contributed by atoms with E-state index in [-0.39, 0.29) is 17.2 Å². The zero-order chi connectivity index (χ0) is 22.0. The Balaban J connectivity index is 1.57. The van der Waals surface area contributed by atoms with Gasteiger partial charge in [0.25, 0.3) is 11.5 Å². The normalized spacial score (nSPS) is 14.6. The number of benzene rings is 1. The summed E-state index contributed by atoms with van der Waals surface area (Å²) < 4.78 is 7.98. The lowest BCUT2D eigenvalue weighted by Gasteiger charge is -2.22. The molecule has 1 N–H and O–H groups in total. The number of carbonyl (C=O) groups is 1. The first-order chi connectivity index (χ1) is 15.0. The van der Waals surface area contributed by atoms with Gasteiger partial charge in [0, 0.05) is 20.1 Å². The zero-order valence-electron chi connectivity index (χ0n) is 17.8. The van der Waals surface area contributed by atoms with Crippen molar-refractivity contribution in [1.29, 1.82) is 0 Å². The molecule has 1 fully saturated rings. The molecule has 8 heteroatoms. The van der Waals surface area contributed by atoms with Crippen molar-refractivity contribution < 1.29 is 9.53 Å². The maximum absolute atomic E-state index is 13.1. The van der Waals surface area contributed by atoms with E-state index in [9.17, 15) is 14.4 Å². The fourth-order valence-corrected chi connectivity index (χ4v) is 5.22. The van der Waals surface area contributed by atoms with Crippen LogP contribution >= 0.6 is 11.3 Å². The first kappa shape index (κ1) is 21.4. The molecule has 0 atom stereocenters. The smallest absolute Gasteiger partial charge is 0.331 e. The Morgan fingerprint density at radius 3 is 2.55 bits per heavy atom. The molecule has 1 saturated carbocycles. The molecule has 0 spiro atoms. The van der Waals surface area contributed by atoms with E-state index in [1.54, 1.807) is 20.2 Å². The lowest BCUT2D eigenvalue weighted by Crippen LogP contribution is -2.40. The lowest BCUT2D eigenvalue weighted by atomic mass is 9.89. The van der Waals surface area contributed by atoms with Crippen LogP contribution < -0.4 is 21.3 Å². The van der Waals surface area contributed by atoms with Gasteiger partial charge in [0.1, 0.15) is 10.6 Å². The third-order valence-corrected chi connectivity index (χ3v) is 7.22. The number of methoxy groups -OCH3 is 1. The molecule has 0 saturated heterocycles. The number of ether oxygens (including phenoxy) is 1. The minimum Gasteiger partial charge on any atom is -0.497 e. The molecule has 0 aliphatic heterocycles. The second-order valence-electron chi connectivity index (χ2n) is 8.12. The van der Waals surface area contributed by atoms with Gasteiger partial charge in [-0.2, -0.15) is 0 Å². The van der Waals surface area contributed by atoms with Gasteiger partial charge in [0.2, 0.25) is 0 Å². The fraction of sp³-hybridized carbons (Fsp3) is 0.435. The van der Waals surface area contributed by atoms with Crippen molar-refractivity contribution in [1.82, 2.24) is 14.5 Å². The molecule has 1 aliphatic rings. The molecule has 31 heavy (non-hydrogen) atoms. The number of thiophene rings is 1. The summed E-state index contributed by atoms with van der Waals surface area (Å²) >= 11 is 1.17. The van der Waals surface area contributed by atoms with Crippen LogP contribution in [0.2, 0.25) is 0 Å². The highest BCUT2D eigenvalue weighted by Crippen LogP contribution is 2.25. The third kappa shape index (κ3) is 4.44. The number of aryl methyl sites for hydroxylation is 1. The Bertz CT molecular complexity index is 1200. The summed E-state index contributed by atoms with van der Waals surface area (Å²) in [6.45, 7) is 0.818. The quantitative estimate of drug-likeness (QED) is 0.636. The average Bonchev–Trinajstić information content (AvgIpc) is 3.26. The van der Waals surface area contributed by atoms with Crippen LogP contribution in [0.1, 0.15) is 47.3 Å². The summed E-state index contributed by atoms with van der Waals surface area (Å²) in [6.07, 6.45) is 5.63. The van der Waals surface area contributed by atoms with Crippen molar-refractivity contribution in [3.05, 3.63) is 61.6 Å². The van der Waals surface area contributed by atoms with Gasteiger partial charge in [-0.05, 0) is 42.5 Å². The summed E-state index contributed by atoms with van der Waals surface area (Å²) in [5.41, 5.74) is 0.335. The Hall–Kier alpha value is -2.87. The molecule has 7 nitrogen and oxygen atoms in total. The number of amides is 1. The molecular weight excluding hydrogens is 414 g/mol. The monoisotopic (exact) mass is 441 g/mol. The highest BCUT2D eigenvalue weighted by molar-refractivity contribution is 7.20. The van der Waals surface area contributed by atoms with Gasteiger partial charge in [-0.3, -0.25) is 18.7 Å². The van der Waals surface area contributed by atoms with Crippen LogP contribution in [0.15, 0.2) is 39.9 Å². The predicted octanol–water partition coefficient (Wildman–Crippen LogP) is 3.28. The summed E-state index contributed by atoms with van der Waals surface area (Å²) in [5.74, 6) is 0.857. The van der Waals surface area contributed by atoms with Crippen molar-refractivity contribution in [2.24, 2.45) is 13.0 Å². The third-order valence-electron chi connectivity index (χ3n) is 6.01. The van der Waals surface area contributed by atoms with Gasteiger partial charge in [0.15, 0.2) is 0 Å². The van der Waals surface area contributed by atoms with Gasteiger partial charge in [-0.25, -0.2) is 4.79 Å². The second kappa shape index (κ2) is 9.09. The number of hydrogen-bond donors (Lipinski definition) is 1. The van der Waals surface area contributed by atoms with E-state index in [1.807, 2.05) is 24.3 Å². The topological polar surface area (TPSA) is 82.3 Å². The maximum Gasteiger partial charge on any atom is 0.331 e. The highest BCUT2D eigenvalue weighted by Gasteiger charge is 2.21. The summed E-state index contributed by atoms with van der Waals surface area (Å²) in [4.78, 5) is 39.6. The minimum atomic E-state index is -0.310. The second-order valence-corrected chi connectivity index (χ2v) is 9.15. The van der Waals surface area contributed by atoms with Crippen molar-refractivity contribution in [2.75, 3.05) is 7.11 Å². The zero-order valence-corrected chi connectivity index (χ0v) is 18.7. The van der Waals surface area contributed by atoms with E-state index in [0.29, 0.717) is 34.1 Å². The van der Waals surface area contributed by atoms with Gasteiger partial charge in [0.05, 0.1) is 17.4 Å². The van der Waals surface area contributed by atoms with Crippen LogP contribution in [-0.4, -0.2) is 22.2 Å². The molecule has 1 aromatic carbocycles. The molecule has 1 amide bonds. The molecule has 4 rings (SSSR count). The molecule has 2 heterocycles. The summed E-state index contributed by atoms with van der Waals surface area (Å²) in [6, 6.07) is 9.06. The van der Waals surface area contributed by atoms with Gasteiger partial charge < -0.3 is 10.1 Å². The van der Waals surface area contributed by atoms with Crippen molar-refractivity contribution in [3.63, 3.8) is 0 Å². The number of fused-ring (bicyclic) bond motifs is 1. The molecule has 0 bridgehead atoms. The van der Waals surface area contributed by atoms with Crippen LogP contribution in [-0.2, 0) is 20.1 Å². The van der Waals surface area contributed by atoms with Crippen molar-refractivity contribution in [3.8, 4) is 5.75 Å². The SMILES string of the molecule is COc1ccc(CNC(=O)c2cc3c(=O)n(CC4CCCCC4)c(=O)n(C)c3s2)cc1. The standard InChI is InChI=1S/C23H27N3O4S/c1-25-22-18(21(28)26(23(25)29)14-16-6-4-3-5-7-16)12-19(31-22)20(27)24-13-15-8-10-17(30-2)11-9-15/h8-12,16H,3-7,13-14H2,1-2H3,(H,24,27). The van der Waals surface area contributed by atoms with E-state index in [0.717, 1.165) is 37.0 Å². The van der Waals surface area contributed by atoms with Crippen LogP contribution in [0, 0.1) is 5.92 Å². The summed E-state index contributed by atoms with van der Waals surface area (Å²) in [7, 11) is 3.27. The van der Waals surface area contributed by atoms with Gasteiger partial charge in [-0.15, -0.1) is 11.3 Å². The molecule has 2 aromatic heterocycles. The molecule has 3 aromatic rings. The van der Waals surface area contributed by atoms with Crippen molar-refractivity contribution >= 4 is 27.5 Å². The van der Waals surface area contributed by atoms with Gasteiger partial charge >= 0.3 is 5.69 Å². The lowest BCUT2D eigenvalue weighted by molar-refractivity contribution is 0.0955. The van der Waals surface area contributed by atoms with Gasteiger partial charge in [-0.1, -0.05) is 31.4 Å². The van der Waals surface area contributed by atoms with Crippen LogP contribution in [0.5, 0.6) is 5.75 Å². The van der Waals surface area contributed by atoms with Crippen LogP contribution in [0.3, 0.4) is 0 Å². The Morgan fingerprint density at radius 2 is 1.87 bits per heavy atom. The van der Waals surface area contributed by atoms with E-state index in [1.165, 1.54) is 26.9 Å². The van der Waals surface area contributed by atoms with Crippen LogP contribution in [0.4, 0.5) is 0 Å². The van der Waals surface area contributed by atoms with Crippen LogP contribution in [0.25, 0.3) is 10.2 Å². The number of nitrogens with one attached hydrogen (secondary N) is 1. The fourth-order valence-electron chi connectivity index (χ4n) is 4.20. The van der Waals surface area contributed by atoms with Crippen molar-refractivity contribution in [2.45, 2.75) is 45.2 Å². The highest BCUT2D eigenvalue weighted by atomic mass is 32.1. The Labute approximate surface area is 184 Å². The van der Waals surface area contributed by atoms with E-state index < -0.39 is 0 Å². The largest absolute Gasteiger partial charge is 0.497 e. The predicted molar refractivity (Wildman–Crippen MR) is 122 cm³/mol.